The monoisotopic (exact) mass is 365 g/mol. The van der Waals surface area contributed by atoms with Gasteiger partial charge in [0, 0.05) is 0 Å². The number of amides is 1. The smallest absolute Gasteiger partial charge is 0.417 e. The summed E-state index contributed by atoms with van der Waals surface area (Å²) in [5.74, 6) is 0.0578. The normalized spacial score (nSPS) is 10.9. The molecule has 0 fully saturated rings. The van der Waals surface area contributed by atoms with Gasteiger partial charge in [0.05, 0.1) is 12.1 Å². The van der Waals surface area contributed by atoms with Crippen LogP contribution in [0, 0.1) is 0 Å². The van der Waals surface area contributed by atoms with E-state index in [4.69, 9.17) is 9.47 Å². The molecule has 0 saturated heterocycles. The molecule has 138 valence electrons. The Kier molecular flexibility index (Phi) is 6.66. The van der Waals surface area contributed by atoms with Gasteiger partial charge in [0.15, 0.2) is 0 Å². The lowest BCUT2D eigenvalue weighted by atomic mass is 10.1. The van der Waals surface area contributed by atoms with Crippen LogP contribution in [0.2, 0.25) is 0 Å². The van der Waals surface area contributed by atoms with Crippen molar-refractivity contribution in [2.45, 2.75) is 12.8 Å². The highest BCUT2D eigenvalue weighted by Crippen LogP contribution is 2.34. The molecule has 0 heterocycles. The molecular weight excluding hydrogens is 347 g/mol. The van der Waals surface area contributed by atoms with Crippen molar-refractivity contribution in [3.05, 3.63) is 71.8 Å². The Morgan fingerprint density at radius 1 is 1.15 bits per heavy atom. The van der Waals surface area contributed by atoms with Crippen LogP contribution in [0.4, 0.5) is 18.0 Å². The van der Waals surface area contributed by atoms with E-state index in [1.54, 1.807) is 0 Å². The lowest BCUT2D eigenvalue weighted by Gasteiger charge is -2.13. The van der Waals surface area contributed by atoms with Gasteiger partial charge in [0.25, 0.3) is 0 Å². The molecule has 0 spiro atoms. The minimum atomic E-state index is -4.50. The summed E-state index contributed by atoms with van der Waals surface area (Å²) in [6.07, 6.45) is -3.99. The highest BCUT2D eigenvalue weighted by molar-refractivity contribution is 5.67. The average molecular weight is 365 g/mol. The van der Waals surface area contributed by atoms with Gasteiger partial charge >= 0.3 is 12.3 Å². The summed E-state index contributed by atoms with van der Waals surface area (Å²) in [4.78, 5) is 11.5. The molecule has 2 aromatic rings. The van der Waals surface area contributed by atoms with Crippen LogP contribution < -0.4 is 10.1 Å². The standard InChI is InChI=1S/C19H18F3NO3/c1-2-15-8-9-16(12-17(15)19(20,21)22)25-11-10-23-18(24)26-13-14-6-4-3-5-7-14/h2-9,12H,1,10-11,13H2,(H,23,24). The maximum atomic E-state index is 13.0. The zero-order valence-electron chi connectivity index (χ0n) is 13.9. The molecule has 0 radical (unpaired) electrons. The van der Waals surface area contributed by atoms with E-state index in [-0.39, 0.29) is 31.1 Å². The Labute approximate surface area is 149 Å². The summed E-state index contributed by atoms with van der Waals surface area (Å²) in [6.45, 7) is 3.60. The van der Waals surface area contributed by atoms with E-state index >= 15 is 0 Å². The molecule has 0 bridgehead atoms. The van der Waals surface area contributed by atoms with Crippen molar-refractivity contribution in [1.29, 1.82) is 0 Å². The first-order chi connectivity index (χ1) is 12.4. The van der Waals surface area contributed by atoms with Gasteiger partial charge in [-0.2, -0.15) is 13.2 Å². The highest BCUT2D eigenvalue weighted by Gasteiger charge is 2.33. The summed E-state index contributed by atoms with van der Waals surface area (Å²) in [6, 6.07) is 12.8. The Hall–Kier alpha value is -2.96. The average Bonchev–Trinajstić information content (AvgIpc) is 2.63. The first-order valence-corrected chi connectivity index (χ1v) is 7.81. The van der Waals surface area contributed by atoms with Crippen molar-refractivity contribution in [2.75, 3.05) is 13.2 Å². The van der Waals surface area contributed by atoms with E-state index in [0.717, 1.165) is 17.7 Å². The fourth-order valence-corrected chi connectivity index (χ4v) is 2.14. The summed E-state index contributed by atoms with van der Waals surface area (Å²) in [5, 5.41) is 2.47. The number of halogens is 3. The predicted molar refractivity (Wildman–Crippen MR) is 91.7 cm³/mol. The van der Waals surface area contributed by atoms with Gasteiger partial charge < -0.3 is 14.8 Å². The van der Waals surface area contributed by atoms with Crippen molar-refractivity contribution in [1.82, 2.24) is 5.32 Å². The van der Waals surface area contributed by atoms with E-state index in [1.807, 2.05) is 30.3 Å². The molecule has 0 unspecified atom stereocenters. The van der Waals surface area contributed by atoms with Gasteiger partial charge in [0.2, 0.25) is 0 Å². The Morgan fingerprint density at radius 3 is 2.54 bits per heavy atom. The van der Waals surface area contributed by atoms with Crippen LogP contribution in [0.1, 0.15) is 16.7 Å². The lowest BCUT2D eigenvalue weighted by Crippen LogP contribution is -2.28. The molecule has 0 aliphatic carbocycles. The number of hydrogen-bond acceptors (Lipinski definition) is 3. The number of hydrogen-bond donors (Lipinski definition) is 1. The quantitative estimate of drug-likeness (QED) is 0.727. The van der Waals surface area contributed by atoms with E-state index in [9.17, 15) is 18.0 Å². The molecule has 2 rings (SSSR count). The van der Waals surface area contributed by atoms with Gasteiger partial charge in [-0.3, -0.25) is 0 Å². The van der Waals surface area contributed by atoms with Crippen LogP contribution in [-0.4, -0.2) is 19.2 Å². The molecule has 0 aliphatic heterocycles. The van der Waals surface area contributed by atoms with Gasteiger partial charge in [-0.1, -0.05) is 49.1 Å². The fraction of sp³-hybridized carbons (Fsp3) is 0.211. The number of ether oxygens (including phenoxy) is 2. The maximum absolute atomic E-state index is 13.0. The van der Waals surface area contributed by atoms with Crippen molar-refractivity contribution < 1.29 is 27.4 Å². The van der Waals surface area contributed by atoms with Crippen LogP contribution in [0.3, 0.4) is 0 Å². The van der Waals surface area contributed by atoms with Crippen LogP contribution in [0.25, 0.3) is 6.08 Å². The van der Waals surface area contributed by atoms with Gasteiger partial charge in [-0.05, 0) is 23.3 Å². The Morgan fingerprint density at radius 2 is 1.88 bits per heavy atom. The van der Waals surface area contributed by atoms with Crippen LogP contribution in [0.15, 0.2) is 55.1 Å². The number of rotatable bonds is 7. The van der Waals surface area contributed by atoms with E-state index < -0.39 is 17.8 Å². The topological polar surface area (TPSA) is 47.6 Å². The van der Waals surface area contributed by atoms with Gasteiger partial charge in [0.1, 0.15) is 19.0 Å². The number of alkyl halides is 3. The summed E-state index contributed by atoms with van der Waals surface area (Å²) in [7, 11) is 0. The van der Waals surface area contributed by atoms with Gasteiger partial charge in [-0.15, -0.1) is 0 Å². The minimum Gasteiger partial charge on any atom is -0.492 e. The molecule has 0 aromatic heterocycles. The zero-order chi connectivity index (χ0) is 19.0. The fourth-order valence-electron chi connectivity index (χ4n) is 2.14. The summed E-state index contributed by atoms with van der Waals surface area (Å²) in [5.41, 5.74) is 0.00795. The first-order valence-electron chi connectivity index (χ1n) is 7.81. The van der Waals surface area contributed by atoms with Crippen molar-refractivity contribution >= 4 is 12.2 Å². The third-order valence-electron chi connectivity index (χ3n) is 3.40. The van der Waals surface area contributed by atoms with Crippen LogP contribution in [-0.2, 0) is 17.5 Å². The highest BCUT2D eigenvalue weighted by atomic mass is 19.4. The van der Waals surface area contributed by atoms with Crippen molar-refractivity contribution in [3.8, 4) is 5.75 Å². The minimum absolute atomic E-state index is 0.00513. The molecule has 1 N–H and O–H groups in total. The van der Waals surface area contributed by atoms with E-state index in [0.29, 0.717) is 0 Å². The van der Waals surface area contributed by atoms with Crippen LogP contribution in [0.5, 0.6) is 5.75 Å². The summed E-state index contributed by atoms with van der Waals surface area (Å²) >= 11 is 0. The number of carbonyl (C=O) groups excluding carboxylic acids is 1. The zero-order valence-corrected chi connectivity index (χ0v) is 13.9. The summed E-state index contributed by atoms with van der Waals surface area (Å²) < 4.78 is 49.1. The third-order valence-corrected chi connectivity index (χ3v) is 3.40. The van der Waals surface area contributed by atoms with Crippen molar-refractivity contribution in [3.63, 3.8) is 0 Å². The van der Waals surface area contributed by atoms with Crippen LogP contribution >= 0.6 is 0 Å². The molecule has 0 atom stereocenters. The predicted octanol–water partition coefficient (Wildman–Crippen LogP) is 4.65. The molecule has 26 heavy (non-hydrogen) atoms. The lowest BCUT2D eigenvalue weighted by molar-refractivity contribution is -0.137. The van der Waals surface area contributed by atoms with Crippen molar-refractivity contribution in [2.24, 2.45) is 0 Å². The molecule has 7 heteroatoms. The number of carbonyl (C=O) groups is 1. The first kappa shape index (κ1) is 19.4. The maximum Gasteiger partial charge on any atom is 0.417 e. The SMILES string of the molecule is C=Cc1ccc(OCCNC(=O)OCc2ccccc2)cc1C(F)(F)F. The Balaban J connectivity index is 1.77. The molecule has 4 nitrogen and oxygen atoms in total. The molecule has 0 saturated carbocycles. The third kappa shape index (κ3) is 5.84. The van der Waals surface area contributed by atoms with E-state index in [2.05, 4.69) is 11.9 Å². The second-order valence-electron chi connectivity index (χ2n) is 5.29. The number of nitrogens with one attached hydrogen (secondary N) is 1. The Bertz CT molecular complexity index is 745. The second-order valence-corrected chi connectivity index (χ2v) is 5.29. The molecular formula is C19H18F3NO3. The number of alkyl carbamates (subject to hydrolysis) is 1. The van der Waals surface area contributed by atoms with Gasteiger partial charge in [-0.25, -0.2) is 4.79 Å². The molecule has 2 aromatic carbocycles. The molecule has 1 amide bonds. The number of benzene rings is 2. The second kappa shape index (κ2) is 8.94. The largest absolute Gasteiger partial charge is 0.492 e. The molecule has 0 aliphatic rings. The van der Waals surface area contributed by atoms with E-state index in [1.165, 1.54) is 12.1 Å².